The van der Waals surface area contributed by atoms with Crippen molar-refractivity contribution in [1.82, 2.24) is 4.98 Å². The van der Waals surface area contributed by atoms with Crippen LogP contribution in [0.25, 0.3) is 21.9 Å². The van der Waals surface area contributed by atoms with Crippen LogP contribution in [0.2, 0.25) is 0 Å². The van der Waals surface area contributed by atoms with Crippen LogP contribution in [0.1, 0.15) is 19.4 Å². The number of fused-ring (bicyclic) bond motifs is 2. The number of nitrogens with zero attached hydrogens (tertiary/aromatic N) is 2. The fourth-order valence-electron chi connectivity index (χ4n) is 3.29. The minimum Gasteiger partial charge on any atom is -0.485 e. The predicted molar refractivity (Wildman–Crippen MR) is 110 cm³/mol. The molecule has 152 valence electrons. The second-order valence-corrected chi connectivity index (χ2v) is 8.87. The van der Waals surface area contributed by atoms with Gasteiger partial charge >= 0.3 is 5.97 Å². The van der Waals surface area contributed by atoms with E-state index in [1.54, 1.807) is 32.3 Å². The van der Waals surface area contributed by atoms with Crippen LogP contribution in [0.4, 0.5) is 4.53 Å². The summed E-state index contributed by atoms with van der Waals surface area (Å²) in [6.07, 6.45) is 3.46. The Kier molecular flexibility index (Phi) is 5.22. The van der Waals surface area contributed by atoms with Gasteiger partial charge in [0.25, 0.3) is 0 Å². The number of hydrogen-bond donors (Lipinski definition) is 0. The molecule has 0 bridgehead atoms. The van der Waals surface area contributed by atoms with Crippen LogP contribution in [0.3, 0.4) is 0 Å². The average Bonchev–Trinajstić information content (AvgIpc) is 2.77. The van der Waals surface area contributed by atoms with E-state index in [4.69, 9.17) is 9.47 Å². The first-order valence-electron chi connectivity index (χ1n) is 9.17. The van der Waals surface area contributed by atoms with Crippen molar-refractivity contribution < 1.29 is 23.7 Å². The molecule has 30 heavy (non-hydrogen) atoms. The smallest absolute Gasteiger partial charge is 0.364 e. The number of carbonyl (C=O) groups is 1. The number of benzene rings is 2. The number of carbonyl (C=O) groups excluding carboxylic acids is 1. The van der Waals surface area contributed by atoms with Gasteiger partial charge in [-0.3, -0.25) is 9.93 Å². The molecule has 2 aromatic carbocycles. The molecule has 0 spiro atoms. The summed E-state index contributed by atoms with van der Waals surface area (Å²) >= 11 is 1.20. The first-order valence-corrected chi connectivity index (χ1v) is 9.99. The first kappa shape index (κ1) is 20.0. The standard InChI is InChI=1S/C22H17FN2O4S/c1-22(2,21(26)29-23)30-15-5-3-14-11-25-12-18(17(14)9-15)16-6-4-13(10-24)19-20(16)28-8-7-27-19/h3-6,9,11-12H,7-8H2,1-2H3. The quantitative estimate of drug-likeness (QED) is 0.554. The van der Waals surface area contributed by atoms with E-state index >= 15 is 0 Å². The lowest BCUT2D eigenvalue weighted by Gasteiger charge is -2.23. The molecule has 0 atom stereocenters. The number of ether oxygens (including phenoxy) is 2. The largest absolute Gasteiger partial charge is 0.485 e. The number of pyridine rings is 1. The summed E-state index contributed by atoms with van der Waals surface area (Å²) in [6.45, 7) is 3.95. The van der Waals surface area contributed by atoms with Crippen LogP contribution < -0.4 is 9.47 Å². The van der Waals surface area contributed by atoms with Crippen molar-refractivity contribution in [1.29, 1.82) is 5.26 Å². The van der Waals surface area contributed by atoms with Crippen molar-refractivity contribution in [2.24, 2.45) is 0 Å². The van der Waals surface area contributed by atoms with Crippen molar-refractivity contribution in [3.8, 4) is 28.7 Å². The van der Waals surface area contributed by atoms with Crippen molar-refractivity contribution in [2.75, 3.05) is 13.2 Å². The Morgan fingerprint density at radius 2 is 1.93 bits per heavy atom. The van der Waals surface area contributed by atoms with Crippen LogP contribution in [0.15, 0.2) is 47.6 Å². The van der Waals surface area contributed by atoms with E-state index in [1.165, 1.54) is 11.8 Å². The molecule has 0 saturated carbocycles. The molecule has 1 aliphatic heterocycles. The third-order valence-corrected chi connectivity index (χ3v) is 5.93. The molecule has 0 radical (unpaired) electrons. The van der Waals surface area contributed by atoms with Crippen LogP contribution >= 0.6 is 11.8 Å². The third-order valence-electron chi connectivity index (χ3n) is 4.77. The van der Waals surface area contributed by atoms with E-state index < -0.39 is 10.7 Å². The Morgan fingerprint density at radius 3 is 2.67 bits per heavy atom. The van der Waals surface area contributed by atoms with Gasteiger partial charge in [0.05, 0.1) is 5.56 Å². The van der Waals surface area contributed by atoms with E-state index in [-0.39, 0.29) is 0 Å². The molecule has 0 amide bonds. The highest BCUT2D eigenvalue weighted by atomic mass is 32.2. The molecule has 0 unspecified atom stereocenters. The lowest BCUT2D eigenvalue weighted by molar-refractivity contribution is -0.185. The van der Waals surface area contributed by atoms with E-state index in [9.17, 15) is 14.6 Å². The molecule has 6 nitrogen and oxygen atoms in total. The average molecular weight is 424 g/mol. The van der Waals surface area contributed by atoms with Gasteiger partial charge in [-0.1, -0.05) is 6.07 Å². The lowest BCUT2D eigenvalue weighted by atomic mass is 9.98. The normalized spacial score (nSPS) is 13.0. The highest BCUT2D eigenvalue weighted by Gasteiger charge is 2.32. The molecule has 4 rings (SSSR count). The molecular formula is C22H17FN2O4S. The minimum atomic E-state index is -1.10. The van der Waals surface area contributed by atoms with Gasteiger partial charge in [0, 0.05) is 38.3 Å². The summed E-state index contributed by atoms with van der Waals surface area (Å²) in [5, 5.41) is 11.1. The number of rotatable bonds is 4. The summed E-state index contributed by atoms with van der Waals surface area (Å²) in [5.74, 6) is -0.0149. The minimum absolute atomic E-state index is 0.374. The van der Waals surface area contributed by atoms with Gasteiger partial charge in [0.1, 0.15) is 24.0 Å². The first-order chi connectivity index (χ1) is 14.4. The second-order valence-electron chi connectivity index (χ2n) is 7.17. The Balaban J connectivity index is 1.85. The Morgan fingerprint density at radius 1 is 1.17 bits per heavy atom. The van der Waals surface area contributed by atoms with Gasteiger partial charge in [0.2, 0.25) is 0 Å². The third kappa shape index (κ3) is 3.53. The maximum absolute atomic E-state index is 12.4. The number of aromatic nitrogens is 1. The molecule has 0 aliphatic carbocycles. The summed E-state index contributed by atoms with van der Waals surface area (Å²) in [5.41, 5.74) is 1.96. The lowest BCUT2D eigenvalue weighted by Crippen LogP contribution is -2.27. The van der Waals surface area contributed by atoms with Crippen LogP contribution in [-0.2, 0) is 9.74 Å². The van der Waals surface area contributed by atoms with Crippen LogP contribution in [0, 0.1) is 11.3 Å². The van der Waals surface area contributed by atoms with Crippen molar-refractivity contribution in [3.63, 3.8) is 0 Å². The number of thioether (sulfide) groups is 1. The molecule has 0 saturated heterocycles. The Hall–Kier alpha value is -3.31. The Bertz CT molecular complexity index is 1190. The maximum atomic E-state index is 12.4. The van der Waals surface area contributed by atoms with E-state index in [0.29, 0.717) is 30.3 Å². The van der Waals surface area contributed by atoms with E-state index in [0.717, 1.165) is 26.8 Å². The second kappa shape index (κ2) is 7.84. The summed E-state index contributed by atoms with van der Waals surface area (Å²) in [4.78, 5) is 20.3. The van der Waals surface area contributed by atoms with Gasteiger partial charge in [-0.05, 0) is 43.5 Å². The van der Waals surface area contributed by atoms with Crippen LogP contribution in [0.5, 0.6) is 11.5 Å². The van der Waals surface area contributed by atoms with Gasteiger partial charge in [-0.15, -0.1) is 11.8 Å². The van der Waals surface area contributed by atoms with Gasteiger partial charge < -0.3 is 9.47 Å². The van der Waals surface area contributed by atoms with E-state index in [2.05, 4.69) is 16.0 Å². The van der Waals surface area contributed by atoms with Gasteiger partial charge in [-0.2, -0.15) is 5.26 Å². The summed E-state index contributed by atoms with van der Waals surface area (Å²) in [7, 11) is 0. The molecule has 2 heterocycles. The summed E-state index contributed by atoms with van der Waals surface area (Å²) < 4.78 is 22.9. The number of halogens is 1. The predicted octanol–water partition coefficient (Wildman–Crippen LogP) is 4.84. The zero-order valence-corrected chi connectivity index (χ0v) is 17.1. The molecule has 0 fully saturated rings. The van der Waals surface area contributed by atoms with E-state index in [1.807, 2.05) is 24.3 Å². The number of hydrogen-bond acceptors (Lipinski definition) is 7. The Labute approximate surface area is 176 Å². The monoisotopic (exact) mass is 424 g/mol. The SMILES string of the molecule is CC(C)(Sc1ccc2cncc(-c3ccc(C#N)c4c3OCCO4)c2c1)C(=O)OF. The maximum Gasteiger partial charge on any atom is 0.364 e. The topological polar surface area (TPSA) is 81.4 Å². The molecule has 1 aromatic heterocycles. The highest BCUT2D eigenvalue weighted by molar-refractivity contribution is 8.01. The zero-order valence-electron chi connectivity index (χ0n) is 16.3. The highest BCUT2D eigenvalue weighted by Crippen LogP contribution is 2.45. The van der Waals surface area contributed by atoms with Crippen molar-refractivity contribution in [3.05, 3.63) is 48.3 Å². The van der Waals surface area contributed by atoms with Gasteiger partial charge in [-0.25, -0.2) is 4.79 Å². The summed E-state index contributed by atoms with van der Waals surface area (Å²) in [6, 6.07) is 11.3. The van der Waals surface area contributed by atoms with Gasteiger partial charge in [0.15, 0.2) is 11.5 Å². The number of nitriles is 1. The molecule has 0 N–H and O–H groups in total. The fourth-order valence-corrected chi connectivity index (χ4v) is 4.30. The zero-order chi connectivity index (χ0) is 21.3. The fraction of sp³-hybridized carbons (Fsp3) is 0.227. The van der Waals surface area contributed by atoms with Crippen molar-refractivity contribution >= 4 is 28.5 Å². The molecule has 1 aliphatic rings. The van der Waals surface area contributed by atoms with Crippen LogP contribution in [-0.4, -0.2) is 28.9 Å². The molecule has 8 heteroatoms. The van der Waals surface area contributed by atoms with Crippen molar-refractivity contribution in [2.45, 2.75) is 23.5 Å². The molecular weight excluding hydrogens is 407 g/mol. The molecule has 3 aromatic rings.